The van der Waals surface area contributed by atoms with E-state index >= 15 is 0 Å². The molecule has 1 aromatic carbocycles. The van der Waals surface area contributed by atoms with Crippen molar-refractivity contribution in [2.45, 2.75) is 12.8 Å². The highest BCUT2D eigenvalue weighted by Crippen LogP contribution is 2.36. The van der Waals surface area contributed by atoms with E-state index in [9.17, 15) is 0 Å². The van der Waals surface area contributed by atoms with Gasteiger partial charge in [-0.1, -0.05) is 28.4 Å². The summed E-state index contributed by atoms with van der Waals surface area (Å²) in [6, 6.07) is 3.41. The molecule has 0 radical (unpaired) electrons. The lowest BCUT2D eigenvalue weighted by Crippen LogP contribution is -2.09. The van der Waals surface area contributed by atoms with Crippen molar-refractivity contribution in [3.63, 3.8) is 0 Å². The molecule has 0 bridgehead atoms. The predicted octanol–water partition coefficient (Wildman–Crippen LogP) is 4.85. The quantitative estimate of drug-likeness (QED) is 0.715. The molecule has 1 fully saturated rings. The van der Waals surface area contributed by atoms with E-state index in [-0.39, 0.29) is 0 Å². The van der Waals surface area contributed by atoms with Gasteiger partial charge in [0.1, 0.15) is 5.69 Å². The van der Waals surface area contributed by atoms with Crippen LogP contribution >= 0.6 is 39.1 Å². The van der Waals surface area contributed by atoms with Crippen LogP contribution in [0.25, 0.3) is 0 Å². The number of nitrogens with zero attached hydrogens (tertiary/aromatic N) is 3. The second-order valence-electron chi connectivity index (χ2n) is 3.57. The van der Waals surface area contributed by atoms with Crippen molar-refractivity contribution in [1.82, 2.24) is 5.01 Å². The molecule has 86 valence electrons. The van der Waals surface area contributed by atoms with Crippen LogP contribution < -0.4 is 0 Å². The minimum Gasteiger partial charge on any atom is -0.278 e. The van der Waals surface area contributed by atoms with E-state index < -0.39 is 0 Å². The van der Waals surface area contributed by atoms with Crippen LogP contribution in [-0.2, 0) is 0 Å². The molecule has 3 nitrogen and oxygen atoms in total. The SMILES string of the molecule is Clc1cc(Cl)c(N=NN2CCCC2)c(Br)c1. The lowest BCUT2D eigenvalue weighted by Gasteiger charge is -2.08. The van der Waals surface area contributed by atoms with Gasteiger partial charge in [0.25, 0.3) is 0 Å². The molecule has 1 saturated heterocycles. The molecule has 0 saturated carbocycles. The second-order valence-corrected chi connectivity index (χ2v) is 5.27. The minimum absolute atomic E-state index is 0.502. The van der Waals surface area contributed by atoms with E-state index in [0.717, 1.165) is 17.6 Å². The van der Waals surface area contributed by atoms with Gasteiger partial charge in [-0.3, -0.25) is 5.01 Å². The lowest BCUT2D eigenvalue weighted by atomic mass is 10.3. The van der Waals surface area contributed by atoms with E-state index in [1.807, 2.05) is 5.01 Å². The van der Waals surface area contributed by atoms with Crippen molar-refractivity contribution < 1.29 is 0 Å². The molecule has 0 N–H and O–H groups in total. The van der Waals surface area contributed by atoms with Crippen LogP contribution in [0.5, 0.6) is 0 Å². The van der Waals surface area contributed by atoms with Gasteiger partial charge in [-0.25, -0.2) is 0 Å². The van der Waals surface area contributed by atoms with Crippen molar-refractivity contribution in [3.8, 4) is 0 Å². The van der Waals surface area contributed by atoms with Crippen LogP contribution in [0.4, 0.5) is 5.69 Å². The van der Waals surface area contributed by atoms with Gasteiger partial charge < -0.3 is 0 Å². The third-order valence-electron chi connectivity index (χ3n) is 2.34. The molecule has 6 heteroatoms. The number of hydrogen-bond donors (Lipinski definition) is 0. The van der Waals surface area contributed by atoms with Crippen LogP contribution in [0, 0.1) is 0 Å². The molecular formula is C10H10BrCl2N3. The summed E-state index contributed by atoms with van der Waals surface area (Å²) >= 11 is 15.3. The monoisotopic (exact) mass is 321 g/mol. The average Bonchev–Trinajstić information content (AvgIpc) is 2.68. The largest absolute Gasteiger partial charge is 0.278 e. The first-order valence-corrected chi connectivity index (χ1v) is 6.53. The smallest absolute Gasteiger partial charge is 0.120 e. The third-order valence-corrected chi connectivity index (χ3v) is 3.45. The molecule has 16 heavy (non-hydrogen) atoms. The fourth-order valence-corrected chi connectivity index (χ4v) is 2.84. The van der Waals surface area contributed by atoms with Gasteiger partial charge in [-0.15, -0.1) is 5.11 Å². The summed E-state index contributed by atoms with van der Waals surface area (Å²) in [6.45, 7) is 1.93. The zero-order valence-electron chi connectivity index (χ0n) is 8.46. The molecule has 0 atom stereocenters. The Balaban J connectivity index is 2.20. The van der Waals surface area contributed by atoms with Crippen LogP contribution in [0.1, 0.15) is 12.8 Å². The van der Waals surface area contributed by atoms with Crippen molar-refractivity contribution in [2.24, 2.45) is 10.3 Å². The average molecular weight is 323 g/mol. The standard InChI is InChI=1S/C10H10BrCl2N3/c11-8-5-7(12)6-9(13)10(8)14-15-16-3-1-2-4-16/h5-6H,1-4H2. The van der Waals surface area contributed by atoms with Crippen LogP contribution in [-0.4, -0.2) is 18.1 Å². The molecule has 0 aromatic heterocycles. The van der Waals surface area contributed by atoms with Crippen molar-refractivity contribution in [1.29, 1.82) is 0 Å². The fraction of sp³-hybridized carbons (Fsp3) is 0.400. The maximum Gasteiger partial charge on any atom is 0.120 e. The first kappa shape index (κ1) is 12.1. The molecule has 0 amide bonds. The molecule has 0 unspecified atom stereocenters. The van der Waals surface area contributed by atoms with Gasteiger partial charge in [0.2, 0.25) is 0 Å². The fourth-order valence-electron chi connectivity index (χ4n) is 1.53. The highest BCUT2D eigenvalue weighted by molar-refractivity contribution is 9.10. The summed E-state index contributed by atoms with van der Waals surface area (Å²) in [6.07, 6.45) is 2.35. The zero-order valence-corrected chi connectivity index (χ0v) is 11.6. The topological polar surface area (TPSA) is 28.0 Å². The Kier molecular flexibility index (Phi) is 4.05. The van der Waals surface area contributed by atoms with Crippen LogP contribution in [0.15, 0.2) is 26.9 Å². The summed E-state index contributed by atoms with van der Waals surface area (Å²) < 4.78 is 0.757. The van der Waals surface area contributed by atoms with E-state index in [1.54, 1.807) is 12.1 Å². The molecule has 2 rings (SSSR count). The minimum atomic E-state index is 0.502. The van der Waals surface area contributed by atoms with Gasteiger partial charge in [0, 0.05) is 22.6 Å². The third kappa shape index (κ3) is 2.87. The normalized spacial score (nSPS) is 16.3. The summed E-state index contributed by atoms with van der Waals surface area (Å²) in [4.78, 5) is 0. The highest BCUT2D eigenvalue weighted by Gasteiger charge is 2.10. The molecule has 0 spiro atoms. The molecule has 1 aliphatic rings. The van der Waals surface area contributed by atoms with E-state index in [4.69, 9.17) is 23.2 Å². The van der Waals surface area contributed by atoms with E-state index in [2.05, 4.69) is 26.3 Å². The highest BCUT2D eigenvalue weighted by atomic mass is 79.9. The summed E-state index contributed by atoms with van der Waals surface area (Å²) in [7, 11) is 0. The van der Waals surface area contributed by atoms with Crippen molar-refractivity contribution in [2.75, 3.05) is 13.1 Å². The molecule has 1 aromatic rings. The second kappa shape index (κ2) is 5.34. The van der Waals surface area contributed by atoms with Crippen LogP contribution in [0.2, 0.25) is 10.0 Å². The van der Waals surface area contributed by atoms with E-state index in [1.165, 1.54) is 12.8 Å². The summed E-state index contributed by atoms with van der Waals surface area (Å²) in [5.74, 6) is 0. The van der Waals surface area contributed by atoms with E-state index in [0.29, 0.717) is 15.7 Å². The maximum atomic E-state index is 6.03. The molecule has 1 aliphatic heterocycles. The molecule has 0 aliphatic carbocycles. The van der Waals surface area contributed by atoms with Gasteiger partial charge >= 0.3 is 0 Å². The zero-order chi connectivity index (χ0) is 11.5. The Morgan fingerprint density at radius 1 is 1.19 bits per heavy atom. The first-order valence-electron chi connectivity index (χ1n) is 4.98. The Labute approximate surface area is 113 Å². The Bertz CT molecular complexity index is 394. The Hall–Kier alpha value is -0.320. The predicted molar refractivity (Wildman–Crippen MR) is 69.5 cm³/mol. The first-order chi connectivity index (χ1) is 7.66. The Morgan fingerprint density at radius 3 is 2.50 bits per heavy atom. The number of benzene rings is 1. The number of halogens is 3. The van der Waals surface area contributed by atoms with Crippen LogP contribution in [0.3, 0.4) is 0 Å². The Morgan fingerprint density at radius 2 is 1.88 bits per heavy atom. The number of rotatable bonds is 2. The van der Waals surface area contributed by atoms with Gasteiger partial charge in [-0.2, -0.15) is 0 Å². The number of hydrogen-bond acceptors (Lipinski definition) is 2. The summed E-state index contributed by atoms with van der Waals surface area (Å²) in [5, 5.41) is 11.3. The van der Waals surface area contributed by atoms with Gasteiger partial charge in [-0.05, 0) is 40.9 Å². The molecular weight excluding hydrogens is 313 g/mol. The maximum absolute atomic E-state index is 6.03. The van der Waals surface area contributed by atoms with Crippen molar-refractivity contribution in [3.05, 3.63) is 26.7 Å². The van der Waals surface area contributed by atoms with Gasteiger partial charge in [0.15, 0.2) is 0 Å². The van der Waals surface area contributed by atoms with Crippen molar-refractivity contribution >= 4 is 44.8 Å². The molecule has 1 heterocycles. The lowest BCUT2D eigenvalue weighted by molar-refractivity contribution is 0.336. The summed E-state index contributed by atoms with van der Waals surface area (Å²) in [5.41, 5.74) is 0.623. The van der Waals surface area contributed by atoms with Gasteiger partial charge in [0.05, 0.1) is 5.02 Å².